The van der Waals surface area contributed by atoms with Gasteiger partial charge in [-0.25, -0.2) is 0 Å². The van der Waals surface area contributed by atoms with Gasteiger partial charge in [0.1, 0.15) is 0 Å². The Bertz CT molecular complexity index is 18.5. The van der Waals surface area contributed by atoms with Gasteiger partial charge in [-0.1, -0.05) is 12.8 Å². The van der Waals surface area contributed by atoms with Crippen LogP contribution in [0.5, 0.6) is 0 Å². The largest absolute Gasteiger partial charge is 1.00 e. The van der Waals surface area contributed by atoms with Crippen LogP contribution in [-0.2, 0) is 0 Å². The summed E-state index contributed by atoms with van der Waals surface area (Å²) >= 11 is 0. The fourth-order valence-corrected chi connectivity index (χ4v) is 0.354. The molecular formula is C6H12Li2. The Morgan fingerprint density at radius 1 is 0.750 bits per heavy atom. The van der Waals surface area contributed by atoms with Gasteiger partial charge >= 0.3 is 37.7 Å². The van der Waals surface area contributed by atoms with Gasteiger partial charge in [0, 0.05) is 0 Å². The van der Waals surface area contributed by atoms with Crippen LogP contribution in [0.25, 0.3) is 0 Å². The van der Waals surface area contributed by atoms with E-state index >= 15 is 0 Å². The maximum absolute atomic E-state index is 3.70. The summed E-state index contributed by atoms with van der Waals surface area (Å²) in [5.74, 6) is 0. The summed E-state index contributed by atoms with van der Waals surface area (Å²) in [6.45, 7) is 7.39. The number of hydrogen-bond donors (Lipinski definition) is 0. The molecule has 0 aliphatic carbocycles. The third-order valence-electron chi connectivity index (χ3n) is 0.750. The van der Waals surface area contributed by atoms with Crippen molar-refractivity contribution in [3.63, 3.8) is 0 Å². The Kier molecular flexibility index (Phi) is 31.6. The Balaban J connectivity index is -0.000000125. The molecule has 38 valence electrons. The fraction of sp³-hybridized carbons (Fsp3) is 0.667. The van der Waals surface area contributed by atoms with Crippen LogP contribution in [0.15, 0.2) is 0 Å². The van der Waals surface area contributed by atoms with E-state index < -0.39 is 0 Å². The molecule has 0 amide bonds. The third kappa shape index (κ3) is 15.7. The van der Waals surface area contributed by atoms with E-state index in [4.69, 9.17) is 0 Å². The molecule has 0 rings (SSSR count). The first kappa shape index (κ1) is 16.1. The van der Waals surface area contributed by atoms with Crippen LogP contribution >= 0.6 is 0 Å². The van der Waals surface area contributed by atoms with Crippen molar-refractivity contribution in [3.05, 3.63) is 13.8 Å². The van der Waals surface area contributed by atoms with Crippen LogP contribution in [0.3, 0.4) is 0 Å². The molecule has 0 aromatic carbocycles. The topological polar surface area (TPSA) is 0 Å². The smallest absolute Gasteiger partial charge is 0.343 e. The zero-order valence-corrected chi connectivity index (χ0v) is 6.24. The summed E-state index contributed by atoms with van der Waals surface area (Å²) in [6, 6.07) is 0. The van der Waals surface area contributed by atoms with Crippen LogP contribution in [0, 0.1) is 13.8 Å². The van der Waals surface area contributed by atoms with Gasteiger partial charge in [0.25, 0.3) is 0 Å². The van der Waals surface area contributed by atoms with Crippen molar-refractivity contribution in [2.45, 2.75) is 25.7 Å². The molecule has 0 fully saturated rings. The fourth-order valence-electron chi connectivity index (χ4n) is 0.354. The van der Waals surface area contributed by atoms with E-state index in [1.54, 1.807) is 0 Å². The Labute approximate surface area is 77.2 Å². The van der Waals surface area contributed by atoms with Gasteiger partial charge in [-0.15, -0.1) is 0 Å². The first-order chi connectivity index (χ1) is 2.91. The van der Waals surface area contributed by atoms with Crippen LogP contribution in [0.4, 0.5) is 0 Å². The molecule has 0 N–H and O–H groups in total. The van der Waals surface area contributed by atoms with Crippen molar-refractivity contribution in [2.24, 2.45) is 0 Å². The zero-order chi connectivity index (χ0) is 4.83. The van der Waals surface area contributed by atoms with Crippen molar-refractivity contribution < 1.29 is 37.7 Å². The molecule has 0 saturated heterocycles. The molecule has 0 aliphatic heterocycles. The number of unbranched alkanes of at least 4 members (excludes halogenated alkanes) is 3. The summed E-state index contributed by atoms with van der Waals surface area (Å²) in [6.07, 6.45) is 4.61. The second kappa shape index (κ2) is 15.7. The van der Waals surface area contributed by atoms with E-state index in [0.717, 1.165) is 12.8 Å². The minimum Gasteiger partial charge on any atom is -0.343 e. The predicted octanol–water partition coefficient (Wildman–Crippen LogP) is -3.78. The van der Waals surface area contributed by atoms with E-state index in [1.807, 2.05) is 0 Å². The van der Waals surface area contributed by atoms with Crippen molar-refractivity contribution in [2.75, 3.05) is 0 Å². The molecule has 8 heavy (non-hydrogen) atoms. The first-order valence-corrected chi connectivity index (χ1v) is 2.50. The quantitative estimate of drug-likeness (QED) is 0.193. The standard InChI is InChI=1S/C6H12.2Li/c1-3-5-6-4-2;;/h1-6H2;;/q-2;2*+1. The van der Waals surface area contributed by atoms with E-state index in [1.165, 1.54) is 12.8 Å². The van der Waals surface area contributed by atoms with Gasteiger partial charge in [0.05, 0.1) is 0 Å². The predicted molar refractivity (Wildman–Crippen MR) is 29.2 cm³/mol. The van der Waals surface area contributed by atoms with Gasteiger partial charge in [-0.2, -0.15) is 12.8 Å². The van der Waals surface area contributed by atoms with Crippen LogP contribution in [0.1, 0.15) is 25.7 Å². The second-order valence-electron chi connectivity index (χ2n) is 1.41. The number of rotatable bonds is 3. The third-order valence-corrected chi connectivity index (χ3v) is 0.750. The molecule has 0 heterocycles. The van der Waals surface area contributed by atoms with Gasteiger partial charge in [0.15, 0.2) is 0 Å². The van der Waals surface area contributed by atoms with Gasteiger partial charge < -0.3 is 13.8 Å². The molecule has 0 aromatic heterocycles. The molecule has 0 aliphatic rings. The average molecular weight is 98.0 g/mol. The van der Waals surface area contributed by atoms with Crippen molar-refractivity contribution in [1.29, 1.82) is 0 Å². The normalized spacial score (nSPS) is 6.75. The Morgan fingerprint density at radius 2 is 1.00 bits per heavy atom. The van der Waals surface area contributed by atoms with Crippen molar-refractivity contribution >= 4 is 0 Å². The van der Waals surface area contributed by atoms with Crippen LogP contribution in [0.2, 0.25) is 0 Å². The minimum atomic E-state index is 0. The molecule has 0 atom stereocenters. The zero-order valence-electron chi connectivity index (χ0n) is 6.24. The molecule has 0 nitrogen and oxygen atoms in total. The molecular weight excluding hydrogens is 85.9 g/mol. The summed E-state index contributed by atoms with van der Waals surface area (Å²) in [5, 5.41) is 0. The summed E-state index contributed by atoms with van der Waals surface area (Å²) in [7, 11) is 0. The second-order valence-corrected chi connectivity index (χ2v) is 1.41. The molecule has 0 saturated carbocycles. The summed E-state index contributed by atoms with van der Waals surface area (Å²) in [4.78, 5) is 0. The van der Waals surface area contributed by atoms with E-state index in [9.17, 15) is 0 Å². The Morgan fingerprint density at radius 3 is 1.12 bits per heavy atom. The molecule has 0 bridgehead atoms. The van der Waals surface area contributed by atoms with Crippen molar-refractivity contribution in [3.8, 4) is 0 Å². The van der Waals surface area contributed by atoms with Crippen LogP contribution in [-0.4, -0.2) is 0 Å². The van der Waals surface area contributed by atoms with Gasteiger partial charge in [0.2, 0.25) is 0 Å². The summed E-state index contributed by atoms with van der Waals surface area (Å²) in [5.41, 5.74) is 0. The average Bonchev–Trinajstić information content (AvgIpc) is 1.61. The molecule has 0 unspecified atom stereocenters. The molecule has 0 aromatic rings. The maximum Gasteiger partial charge on any atom is 1.00 e. The van der Waals surface area contributed by atoms with Gasteiger partial charge in [-0.05, 0) is 0 Å². The minimum absolute atomic E-state index is 0. The Hall–Kier alpha value is 1.19. The van der Waals surface area contributed by atoms with Crippen LogP contribution < -0.4 is 37.7 Å². The van der Waals surface area contributed by atoms with E-state index in [2.05, 4.69) is 13.8 Å². The monoisotopic (exact) mass is 98.1 g/mol. The van der Waals surface area contributed by atoms with E-state index in [0.29, 0.717) is 0 Å². The SMILES string of the molecule is [CH2-]CCCC[CH2-].[Li+].[Li+]. The summed E-state index contributed by atoms with van der Waals surface area (Å²) < 4.78 is 0. The molecule has 2 heteroatoms. The number of hydrogen-bond acceptors (Lipinski definition) is 0. The van der Waals surface area contributed by atoms with Gasteiger partial charge in [-0.3, -0.25) is 0 Å². The maximum atomic E-state index is 3.70. The molecule has 0 spiro atoms. The first-order valence-electron chi connectivity index (χ1n) is 2.50. The molecule has 0 radical (unpaired) electrons. The van der Waals surface area contributed by atoms with E-state index in [-0.39, 0.29) is 37.7 Å². The van der Waals surface area contributed by atoms with Crippen molar-refractivity contribution in [1.82, 2.24) is 0 Å².